The third kappa shape index (κ3) is 4.42. The first kappa shape index (κ1) is 14.7. The molecule has 2 rings (SSSR count). The predicted molar refractivity (Wildman–Crippen MR) is 81.7 cm³/mol. The Balaban J connectivity index is 1.81. The summed E-state index contributed by atoms with van der Waals surface area (Å²) in [4.78, 5) is 11.7. The van der Waals surface area contributed by atoms with Gasteiger partial charge in [-0.1, -0.05) is 23.8 Å². The summed E-state index contributed by atoms with van der Waals surface area (Å²) in [5.74, 6) is 0.831. The number of nitrogens with one attached hydrogen (secondary N) is 2. The molecule has 0 bridgehead atoms. The average molecular weight is 286 g/mol. The van der Waals surface area contributed by atoms with Crippen LogP contribution in [-0.2, 0) is 0 Å². The number of carbonyl (C=O) groups excluding carboxylic acids is 1. The lowest BCUT2D eigenvalue weighted by molar-refractivity contribution is 0.234. The number of phenolic OH excluding ortho intramolecular Hbond substituents is 1. The van der Waals surface area contributed by atoms with Crippen molar-refractivity contribution in [3.05, 3.63) is 53.6 Å². The number of hydrogen-bond acceptors (Lipinski definition) is 3. The van der Waals surface area contributed by atoms with E-state index in [0.717, 1.165) is 16.9 Å². The second-order valence-electron chi connectivity index (χ2n) is 4.74. The van der Waals surface area contributed by atoms with Crippen LogP contribution in [-0.4, -0.2) is 17.9 Å². The lowest BCUT2D eigenvalue weighted by Crippen LogP contribution is -2.32. The molecule has 2 aromatic rings. The largest absolute Gasteiger partial charge is 0.508 e. The minimum Gasteiger partial charge on any atom is -0.508 e. The van der Waals surface area contributed by atoms with Crippen LogP contribution in [0.15, 0.2) is 42.5 Å². The Kier molecular flexibility index (Phi) is 4.66. The molecule has 2 aromatic carbocycles. The lowest BCUT2D eigenvalue weighted by Gasteiger charge is -2.11. The number of rotatable bonds is 4. The fraction of sp³-hybridized carbons (Fsp3) is 0.188. The number of aryl methyl sites for hydroxylation is 2. The molecule has 0 aliphatic carbocycles. The van der Waals surface area contributed by atoms with E-state index in [4.69, 9.17) is 4.74 Å². The van der Waals surface area contributed by atoms with Gasteiger partial charge in [0, 0.05) is 11.8 Å². The number of benzene rings is 2. The minimum atomic E-state index is -0.398. The molecule has 0 aromatic heterocycles. The second-order valence-corrected chi connectivity index (χ2v) is 4.74. The molecule has 0 saturated heterocycles. The lowest BCUT2D eigenvalue weighted by atomic mass is 10.1. The summed E-state index contributed by atoms with van der Waals surface area (Å²) in [5, 5.41) is 14.5. The average Bonchev–Trinajstić information content (AvgIpc) is 2.41. The van der Waals surface area contributed by atoms with Gasteiger partial charge in [0.1, 0.15) is 11.5 Å². The smallest absolute Gasteiger partial charge is 0.321 e. The Morgan fingerprint density at radius 3 is 2.71 bits per heavy atom. The van der Waals surface area contributed by atoms with Crippen LogP contribution >= 0.6 is 0 Å². The number of amides is 2. The zero-order valence-corrected chi connectivity index (χ0v) is 12.0. The topological polar surface area (TPSA) is 70.6 Å². The van der Waals surface area contributed by atoms with E-state index in [2.05, 4.69) is 10.6 Å². The van der Waals surface area contributed by atoms with Gasteiger partial charge in [-0.2, -0.15) is 0 Å². The van der Waals surface area contributed by atoms with Gasteiger partial charge in [-0.3, -0.25) is 0 Å². The molecule has 0 aliphatic rings. The van der Waals surface area contributed by atoms with Crippen molar-refractivity contribution in [2.45, 2.75) is 13.8 Å². The van der Waals surface area contributed by atoms with Crippen LogP contribution < -0.4 is 15.4 Å². The van der Waals surface area contributed by atoms with Crippen LogP contribution in [0.2, 0.25) is 0 Å². The molecule has 0 spiro atoms. The van der Waals surface area contributed by atoms with Crippen LogP contribution in [0.5, 0.6) is 11.5 Å². The van der Waals surface area contributed by atoms with E-state index in [0.29, 0.717) is 5.69 Å². The van der Waals surface area contributed by atoms with Crippen LogP contribution in [0.1, 0.15) is 11.1 Å². The molecule has 0 unspecified atom stereocenters. The van der Waals surface area contributed by atoms with Gasteiger partial charge in [0.2, 0.25) is 0 Å². The summed E-state index contributed by atoms with van der Waals surface area (Å²) in [6.07, 6.45) is 0. The highest BCUT2D eigenvalue weighted by Gasteiger charge is 2.03. The van der Waals surface area contributed by atoms with Crippen LogP contribution in [0.25, 0.3) is 0 Å². The van der Waals surface area contributed by atoms with E-state index in [1.54, 1.807) is 12.1 Å². The molecule has 0 aliphatic heterocycles. The first-order valence-corrected chi connectivity index (χ1v) is 6.58. The van der Waals surface area contributed by atoms with Crippen molar-refractivity contribution >= 4 is 11.7 Å². The number of phenols is 1. The Morgan fingerprint density at radius 2 is 2.00 bits per heavy atom. The quantitative estimate of drug-likeness (QED) is 0.756. The van der Waals surface area contributed by atoms with Crippen molar-refractivity contribution in [1.82, 2.24) is 5.32 Å². The Bertz CT molecular complexity index is 641. The van der Waals surface area contributed by atoms with Crippen molar-refractivity contribution < 1.29 is 14.6 Å². The van der Waals surface area contributed by atoms with E-state index < -0.39 is 6.03 Å². The van der Waals surface area contributed by atoms with Crippen molar-refractivity contribution in [2.75, 3.05) is 12.0 Å². The highest BCUT2D eigenvalue weighted by atomic mass is 16.5. The molecule has 0 radical (unpaired) electrons. The Labute approximate surface area is 123 Å². The third-order valence-corrected chi connectivity index (χ3v) is 2.89. The number of hydrogen-bond donors (Lipinski definition) is 3. The molecule has 2 amide bonds. The maximum atomic E-state index is 11.7. The maximum Gasteiger partial charge on any atom is 0.321 e. The van der Waals surface area contributed by atoms with Crippen molar-refractivity contribution in [1.29, 1.82) is 0 Å². The van der Waals surface area contributed by atoms with Gasteiger partial charge in [0.05, 0.1) is 0 Å². The molecule has 5 nitrogen and oxygen atoms in total. The molecule has 5 heteroatoms. The van der Waals surface area contributed by atoms with Gasteiger partial charge < -0.3 is 20.5 Å². The molecule has 0 fully saturated rings. The normalized spacial score (nSPS) is 10.0. The number of urea groups is 1. The third-order valence-electron chi connectivity index (χ3n) is 2.89. The van der Waals surface area contributed by atoms with Gasteiger partial charge in [0.15, 0.2) is 6.73 Å². The van der Waals surface area contributed by atoms with Gasteiger partial charge in [-0.25, -0.2) is 4.79 Å². The summed E-state index contributed by atoms with van der Waals surface area (Å²) in [7, 11) is 0. The fourth-order valence-corrected chi connectivity index (χ4v) is 1.90. The van der Waals surface area contributed by atoms with Crippen molar-refractivity contribution in [3.8, 4) is 11.5 Å². The monoisotopic (exact) mass is 286 g/mol. The number of carbonyl (C=O) groups is 1. The first-order chi connectivity index (χ1) is 10.0. The van der Waals surface area contributed by atoms with Crippen LogP contribution in [0, 0.1) is 13.8 Å². The highest BCUT2D eigenvalue weighted by Crippen LogP contribution is 2.18. The molecule has 0 saturated carbocycles. The van der Waals surface area contributed by atoms with Gasteiger partial charge >= 0.3 is 6.03 Å². The molecule has 110 valence electrons. The van der Waals surface area contributed by atoms with Gasteiger partial charge in [-0.05, 0) is 37.6 Å². The minimum absolute atomic E-state index is 0.0640. The van der Waals surface area contributed by atoms with Crippen molar-refractivity contribution in [2.24, 2.45) is 0 Å². The van der Waals surface area contributed by atoms with Crippen LogP contribution in [0.4, 0.5) is 10.5 Å². The molecule has 3 N–H and O–H groups in total. The summed E-state index contributed by atoms with van der Waals surface area (Å²) >= 11 is 0. The Morgan fingerprint density at radius 1 is 1.19 bits per heavy atom. The predicted octanol–water partition coefficient (Wildman–Crippen LogP) is 3.17. The van der Waals surface area contributed by atoms with E-state index >= 15 is 0 Å². The van der Waals surface area contributed by atoms with Gasteiger partial charge in [-0.15, -0.1) is 0 Å². The zero-order valence-electron chi connectivity index (χ0n) is 12.0. The standard InChI is InChI=1S/C16H18N2O3/c1-11-6-7-15(12(2)8-11)21-10-17-16(20)18-13-4-3-5-14(19)9-13/h3-9,19H,10H2,1-2H3,(H2,17,18,20). The number of anilines is 1. The number of aromatic hydroxyl groups is 1. The van der Waals surface area contributed by atoms with E-state index in [9.17, 15) is 9.90 Å². The highest BCUT2D eigenvalue weighted by molar-refractivity contribution is 5.89. The Hall–Kier alpha value is -2.69. The molecular weight excluding hydrogens is 268 g/mol. The summed E-state index contributed by atoms with van der Waals surface area (Å²) < 4.78 is 5.50. The number of ether oxygens (including phenoxy) is 1. The molecular formula is C16H18N2O3. The molecule has 0 atom stereocenters. The van der Waals surface area contributed by atoms with Crippen molar-refractivity contribution in [3.63, 3.8) is 0 Å². The molecule has 21 heavy (non-hydrogen) atoms. The van der Waals surface area contributed by atoms with Crippen LogP contribution in [0.3, 0.4) is 0 Å². The summed E-state index contributed by atoms with van der Waals surface area (Å²) in [5.41, 5.74) is 2.69. The molecule has 0 heterocycles. The summed E-state index contributed by atoms with van der Waals surface area (Å²) in [6, 6.07) is 11.8. The second kappa shape index (κ2) is 6.65. The van der Waals surface area contributed by atoms with E-state index in [1.807, 2.05) is 32.0 Å². The first-order valence-electron chi connectivity index (χ1n) is 6.58. The van der Waals surface area contributed by atoms with E-state index in [1.165, 1.54) is 12.1 Å². The SMILES string of the molecule is Cc1ccc(OCNC(=O)Nc2cccc(O)c2)c(C)c1. The van der Waals surface area contributed by atoms with E-state index in [-0.39, 0.29) is 12.5 Å². The van der Waals surface area contributed by atoms with Gasteiger partial charge in [0.25, 0.3) is 0 Å². The zero-order chi connectivity index (χ0) is 15.2. The fourth-order valence-electron chi connectivity index (χ4n) is 1.90. The maximum absolute atomic E-state index is 11.7. The summed E-state index contributed by atoms with van der Waals surface area (Å²) in [6.45, 7) is 4.03.